The lowest BCUT2D eigenvalue weighted by Crippen LogP contribution is -2.10. The highest BCUT2D eigenvalue weighted by molar-refractivity contribution is 5.94. The van der Waals surface area contributed by atoms with Crippen molar-refractivity contribution in [1.29, 1.82) is 0 Å². The standard InChI is InChI=1S/C13H14FN3O2/c14-10-2-3-11(12(15)8-10)13(18)19-7-1-5-17-6-4-16-9-17/h2-4,6,8-9H,1,5,7,15H2. The molecule has 1 aromatic heterocycles. The fourth-order valence-corrected chi connectivity index (χ4v) is 1.63. The number of nitrogens with zero attached hydrogens (tertiary/aromatic N) is 2. The molecule has 0 spiro atoms. The van der Waals surface area contributed by atoms with Gasteiger partial charge in [-0.2, -0.15) is 0 Å². The smallest absolute Gasteiger partial charge is 0.340 e. The first-order chi connectivity index (χ1) is 9.16. The Balaban J connectivity index is 1.81. The Labute approximate surface area is 109 Å². The molecule has 0 aliphatic heterocycles. The number of ether oxygens (including phenoxy) is 1. The SMILES string of the molecule is Nc1cc(F)ccc1C(=O)OCCCn1ccnc1. The highest BCUT2D eigenvalue weighted by Gasteiger charge is 2.11. The van der Waals surface area contributed by atoms with Crippen LogP contribution in [0.25, 0.3) is 0 Å². The van der Waals surface area contributed by atoms with E-state index in [1.54, 1.807) is 12.5 Å². The van der Waals surface area contributed by atoms with Crippen molar-refractivity contribution >= 4 is 11.7 Å². The fraction of sp³-hybridized carbons (Fsp3) is 0.231. The summed E-state index contributed by atoms with van der Waals surface area (Å²) in [4.78, 5) is 15.6. The van der Waals surface area contributed by atoms with Gasteiger partial charge in [-0.1, -0.05) is 0 Å². The van der Waals surface area contributed by atoms with Crippen LogP contribution in [0.5, 0.6) is 0 Å². The van der Waals surface area contributed by atoms with Crippen LogP contribution in [-0.4, -0.2) is 22.1 Å². The third-order valence-electron chi connectivity index (χ3n) is 2.59. The number of carbonyl (C=O) groups is 1. The molecule has 5 nitrogen and oxygen atoms in total. The molecule has 1 heterocycles. The molecular formula is C13H14FN3O2. The van der Waals surface area contributed by atoms with Crippen LogP contribution < -0.4 is 5.73 Å². The first-order valence-corrected chi connectivity index (χ1v) is 5.84. The Morgan fingerprint density at radius 3 is 3.00 bits per heavy atom. The van der Waals surface area contributed by atoms with E-state index in [0.717, 1.165) is 6.07 Å². The Hall–Kier alpha value is -2.37. The van der Waals surface area contributed by atoms with E-state index in [2.05, 4.69) is 4.98 Å². The number of halogens is 1. The van der Waals surface area contributed by atoms with E-state index in [1.807, 2.05) is 10.8 Å². The van der Waals surface area contributed by atoms with Crippen molar-refractivity contribution in [1.82, 2.24) is 9.55 Å². The quantitative estimate of drug-likeness (QED) is 0.507. The monoisotopic (exact) mass is 263 g/mol. The number of nitrogen functional groups attached to an aromatic ring is 1. The summed E-state index contributed by atoms with van der Waals surface area (Å²) in [6, 6.07) is 3.60. The van der Waals surface area contributed by atoms with Crippen molar-refractivity contribution in [3.63, 3.8) is 0 Å². The molecule has 1 aromatic carbocycles. The minimum absolute atomic E-state index is 0.0830. The maximum Gasteiger partial charge on any atom is 0.340 e. The average Bonchev–Trinajstić information content (AvgIpc) is 2.87. The number of aryl methyl sites for hydroxylation is 1. The lowest BCUT2D eigenvalue weighted by Gasteiger charge is -2.07. The zero-order valence-corrected chi connectivity index (χ0v) is 10.3. The maximum absolute atomic E-state index is 12.8. The molecule has 0 saturated carbocycles. The van der Waals surface area contributed by atoms with Crippen LogP contribution in [0.1, 0.15) is 16.8 Å². The van der Waals surface area contributed by atoms with Gasteiger partial charge in [-0.25, -0.2) is 14.2 Å². The van der Waals surface area contributed by atoms with Gasteiger partial charge in [0, 0.05) is 24.6 Å². The van der Waals surface area contributed by atoms with Gasteiger partial charge in [-0.05, 0) is 24.6 Å². The third kappa shape index (κ3) is 3.54. The molecule has 6 heteroatoms. The van der Waals surface area contributed by atoms with Crippen LogP contribution in [0.15, 0.2) is 36.9 Å². The number of imidazole rings is 1. The highest BCUT2D eigenvalue weighted by atomic mass is 19.1. The molecule has 0 bridgehead atoms. The van der Waals surface area contributed by atoms with Crippen molar-refractivity contribution in [3.8, 4) is 0 Å². The Morgan fingerprint density at radius 1 is 1.47 bits per heavy atom. The highest BCUT2D eigenvalue weighted by Crippen LogP contribution is 2.14. The van der Waals surface area contributed by atoms with Crippen molar-refractivity contribution in [3.05, 3.63) is 48.3 Å². The van der Waals surface area contributed by atoms with E-state index in [-0.39, 0.29) is 17.9 Å². The Morgan fingerprint density at radius 2 is 2.32 bits per heavy atom. The summed E-state index contributed by atoms with van der Waals surface area (Å²) in [7, 11) is 0. The zero-order valence-electron chi connectivity index (χ0n) is 10.3. The van der Waals surface area contributed by atoms with Crippen molar-refractivity contribution in [2.24, 2.45) is 0 Å². The number of carbonyl (C=O) groups excluding carboxylic acids is 1. The normalized spacial score (nSPS) is 10.4. The first-order valence-electron chi connectivity index (χ1n) is 5.84. The van der Waals surface area contributed by atoms with Gasteiger partial charge in [0.2, 0.25) is 0 Å². The van der Waals surface area contributed by atoms with Crippen LogP contribution in [0.3, 0.4) is 0 Å². The maximum atomic E-state index is 12.8. The van der Waals surface area contributed by atoms with E-state index in [9.17, 15) is 9.18 Å². The van der Waals surface area contributed by atoms with Gasteiger partial charge in [-0.15, -0.1) is 0 Å². The summed E-state index contributed by atoms with van der Waals surface area (Å²) < 4.78 is 19.8. The molecular weight excluding hydrogens is 249 g/mol. The molecule has 0 amide bonds. The van der Waals surface area contributed by atoms with E-state index < -0.39 is 11.8 Å². The number of esters is 1. The predicted molar refractivity (Wildman–Crippen MR) is 67.9 cm³/mol. The van der Waals surface area contributed by atoms with Crippen molar-refractivity contribution < 1.29 is 13.9 Å². The third-order valence-corrected chi connectivity index (χ3v) is 2.59. The minimum Gasteiger partial charge on any atom is -0.462 e. The number of aromatic nitrogens is 2. The van der Waals surface area contributed by atoms with E-state index in [1.165, 1.54) is 12.1 Å². The number of hydrogen-bond acceptors (Lipinski definition) is 4. The van der Waals surface area contributed by atoms with Crippen LogP contribution in [0.2, 0.25) is 0 Å². The molecule has 2 N–H and O–H groups in total. The first kappa shape index (κ1) is 13.1. The summed E-state index contributed by atoms with van der Waals surface area (Å²) in [5, 5.41) is 0. The number of rotatable bonds is 5. The van der Waals surface area contributed by atoms with Gasteiger partial charge >= 0.3 is 5.97 Å². The number of nitrogens with two attached hydrogens (primary N) is 1. The molecule has 2 aromatic rings. The molecule has 100 valence electrons. The molecule has 0 fully saturated rings. The van der Waals surface area contributed by atoms with Crippen LogP contribution >= 0.6 is 0 Å². The van der Waals surface area contributed by atoms with Crippen LogP contribution in [0.4, 0.5) is 10.1 Å². The lowest BCUT2D eigenvalue weighted by molar-refractivity contribution is 0.0497. The van der Waals surface area contributed by atoms with Gasteiger partial charge in [0.15, 0.2) is 0 Å². The van der Waals surface area contributed by atoms with E-state index in [4.69, 9.17) is 10.5 Å². The Bertz CT molecular complexity index is 555. The molecule has 0 unspecified atom stereocenters. The van der Waals surface area contributed by atoms with Gasteiger partial charge in [0.1, 0.15) is 5.82 Å². The summed E-state index contributed by atoms with van der Waals surface area (Å²) in [6.07, 6.45) is 5.88. The topological polar surface area (TPSA) is 70.1 Å². The number of anilines is 1. The second-order valence-electron chi connectivity index (χ2n) is 4.02. The second kappa shape index (κ2) is 5.99. The van der Waals surface area contributed by atoms with Crippen molar-refractivity contribution in [2.45, 2.75) is 13.0 Å². The van der Waals surface area contributed by atoms with Gasteiger partial charge in [0.25, 0.3) is 0 Å². The number of benzene rings is 1. The van der Waals surface area contributed by atoms with Gasteiger partial charge in [-0.3, -0.25) is 0 Å². The van der Waals surface area contributed by atoms with E-state index in [0.29, 0.717) is 13.0 Å². The fourth-order valence-electron chi connectivity index (χ4n) is 1.63. The predicted octanol–water partition coefficient (Wildman–Crippen LogP) is 1.85. The molecule has 0 radical (unpaired) electrons. The average molecular weight is 263 g/mol. The zero-order chi connectivity index (χ0) is 13.7. The van der Waals surface area contributed by atoms with Crippen LogP contribution in [-0.2, 0) is 11.3 Å². The summed E-state index contributed by atoms with van der Waals surface area (Å²) in [5.74, 6) is -1.02. The minimum atomic E-state index is -0.539. The molecule has 2 rings (SSSR count). The van der Waals surface area contributed by atoms with Crippen LogP contribution in [0, 0.1) is 5.82 Å². The largest absolute Gasteiger partial charge is 0.462 e. The summed E-state index contributed by atoms with van der Waals surface area (Å²) >= 11 is 0. The lowest BCUT2D eigenvalue weighted by atomic mass is 10.2. The Kier molecular flexibility index (Phi) is 4.12. The second-order valence-corrected chi connectivity index (χ2v) is 4.02. The molecule has 0 saturated heterocycles. The van der Waals surface area contributed by atoms with Gasteiger partial charge in [0.05, 0.1) is 18.5 Å². The molecule has 0 aliphatic rings. The summed E-state index contributed by atoms with van der Waals surface area (Å²) in [5.41, 5.74) is 5.82. The molecule has 0 aliphatic carbocycles. The summed E-state index contributed by atoms with van der Waals surface area (Å²) in [6.45, 7) is 0.986. The molecule has 19 heavy (non-hydrogen) atoms. The van der Waals surface area contributed by atoms with E-state index >= 15 is 0 Å². The van der Waals surface area contributed by atoms with Gasteiger partial charge < -0.3 is 15.0 Å². The van der Waals surface area contributed by atoms with Crippen molar-refractivity contribution in [2.75, 3.05) is 12.3 Å². The molecule has 0 atom stereocenters. The number of hydrogen-bond donors (Lipinski definition) is 1.